The summed E-state index contributed by atoms with van der Waals surface area (Å²) in [5, 5.41) is 5.15. The van der Waals surface area contributed by atoms with E-state index in [1.165, 1.54) is 11.3 Å². The zero-order chi connectivity index (χ0) is 23.0. The number of carbonyl (C=O) groups is 3. The zero-order valence-electron chi connectivity index (χ0n) is 18.6. The zero-order valence-corrected chi connectivity index (χ0v) is 19.4. The number of hydrogen-bond donors (Lipinski definition) is 1. The van der Waals surface area contributed by atoms with Gasteiger partial charge in [-0.05, 0) is 38.5 Å². The molecule has 2 heterocycles. The third-order valence-corrected chi connectivity index (χ3v) is 6.63. The molecule has 1 aliphatic rings. The van der Waals surface area contributed by atoms with E-state index in [9.17, 15) is 14.4 Å². The van der Waals surface area contributed by atoms with Gasteiger partial charge in [0.2, 0.25) is 11.8 Å². The number of thiazole rings is 1. The van der Waals surface area contributed by atoms with Crippen LogP contribution in [0.4, 0.5) is 10.8 Å². The van der Waals surface area contributed by atoms with E-state index >= 15 is 0 Å². The van der Waals surface area contributed by atoms with Crippen molar-refractivity contribution in [1.29, 1.82) is 0 Å². The van der Waals surface area contributed by atoms with E-state index < -0.39 is 5.41 Å². The second kappa shape index (κ2) is 8.31. The number of rotatable bonds is 6. The summed E-state index contributed by atoms with van der Waals surface area (Å²) in [6.45, 7) is 5.81. The minimum atomic E-state index is -0.586. The lowest BCUT2D eigenvalue weighted by molar-refractivity contribution is -0.121. The van der Waals surface area contributed by atoms with Crippen molar-refractivity contribution >= 4 is 39.8 Å². The molecule has 4 rings (SSSR count). The minimum Gasteiger partial charge on any atom is -0.314 e. The van der Waals surface area contributed by atoms with Crippen LogP contribution < -0.4 is 10.2 Å². The first-order chi connectivity index (χ1) is 15.2. The van der Waals surface area contributed by atoms with E-state index in [0.717, 1.165) is 28.1 Å². The molecule has 7 heteroatoms. The van der Waals surface area contributed by atoms with Crippen LogP contribution in [0.5, 0.6) is 0 Å². The number of carbonyl (C=O) groups excluding carboxylic acids is 3. The summed E-state index contributed by atoms with van der Waals surface area (Å²) in [5.41, 5.74) is 4.62. The Balaban J connectivity index is 1.41. The van der Waals surface area contributed by atoms with Crippen molar-refractivity contribution < 1.29 is 14.4 Å². The standard InChI is InChI=1S/C25H25N3O3S/c1-15-5-7-16(8-6-15)21(29)11-12-22(30)27-24-26-19(14-32-24)17-9-10-20-18(13-17)25(2,3)23(31)28(20)4/h5-10,13-14H,11-12H2,1-4H3,(H,26,27,30). The lowest BCUT2D eigenvalue weighted by atomic mass is 9.85. The van der Waals surface area contributed by atoms with Gasteiger partial charge >= 0.3 is 0 Å². The molecular weight excluding hydrogens is 422 g/mol. The van der Waals surface area contributed by atoms with Crippen LogP contribution in [0, 0.1) is 6.92 Å². The maximum Gasteiger partial charge on any atom is 0.236 e. The molecule has 0 saturated carbocycles. The number of nitrogens with one attached hydrogen (secondary N) is 1. The highest BCUT2D eigenvalue weighted by atomic mass is 32.1. The van der Waals surface area contributed by atoms with Crippen molar-refractivity contribution in [2.24, 2.45) is 0 Å². The number of nitrogens with zero attached hydrogens (tertiary/aromatic N) is 2. The van der Waals surface area contributed by atoms with E-state index in [1.54, 1.807) is 24.1 Å². The molecule has 3 aromatic rings. The van der Waals surface area contributed by atoms with E-state index in [4.69, 9.17) is 0 Å². The van der Waals surface area contributed by atoms with Gasteiger partial charge in [-0.3, -0.25) is 14.4 Å². The molecular formula is C25H25N3O3S. The number of likely N-dealkylation sites (N-methyl/N-ethyl adjacent to an activating group) is 1. The Morgan fingerprint density at radius 2 is 1.81 bits per heavy atom. The van der Waals surface area contributed by atoms with Gasteiger partial charge in [0.15, 0.2) is 10.9 Å². The van der Waals surface area contributed by atoms with Gasteiger partial charge < -0.3 is 10.2 Å². The van der Waals surface area contributed by atoms with Gasteiger partial charge in [0.25, 0.3) is 0 Å². The second-order valence-electron chi connectivity index (χ2n) is 8.60. The van der Waals surface area contributed by atoms with Crippen molar-refractivity contribution in [1.82, 2.24) is 4.98 Å². The highest BCUT2D eigenvalue weighted by molar-refractivity contribution is 7.14. The Morgan fingerprint density at radius 1 is 1.09 bits per heavy atom. The number of anilines is 2. The number of ketones is 1. The van der Waals surface area contributed by atoms with Crippen molar-refractivity contribution in [2.45, 2.75) is 39.0 Å². The summed E-state index contributed by atoms with van der Waals surface area (Å²) >= 11 is 1.33. The molecule has 6 nitrogen and oxygen atoms in total. The van der Waals surface area contributed by atoms with Gasteiger partial charge in [0, 0.05) is 42.1 Å². The third-order valence-electron chi connectivity index (χ3n) is 5.87. The van der Waals surface area contributed by atoms with Crippen LogP contribution in [0.15, 0.2) is 47.8 Å². The summed E-state index contributed by atoms with van der Waals surface area (Å²) in [6.07, 6.45) is 0.248. The van der Waals surface area contributed by atoms with E-state index in [-0.39, 0.29) is 30.4 Å². The molecule has 0 aliphatic carbocycles. The van der Waals surface area contributed by atoms with Gasteiger partial charge in [-0.15, -0.1) is 11.3 Å². The topological polar surface area (TPSA) is 79.4 Å². The fourth-order valence-corrected chi connectivity index (χ4v) is 4.62. The maximum atomic E-state index is 12.5. The van der Waals surface area contributed by atoms with E-state index in [1.807, 2.05) is 56.5 Å². The van der Waals surface area contributed by atoms with Gasteiger partial charge in [0.05, 0.1) is 11.1 Å². The molecule has 2 amide bonds. The number of amides is 2. The molecule has 0 radical (unpaired) electrons. The highest BCUT2D eigenvalue weighted by Gasteiger charge is 2.42. The largest absolute Gasteiger partial charge is 0.314 e. The van der Waals surface area contributed by atoms with Crippen LogP contribution in [0.2, 0.25) is 0 Å². The number of Topliss-reactive ketones (excluding diaryl/α,β-unsaturated/α-hetero) is 1. The number of fused-ring (bicyclic) bond motifs is 1. The molecule has 0 fully saturated rings. The quantitative estimate of drug-likeness (QED) is 0.541. The van der Waals surface area contributed by atoms with E-state index in [2.05, 4.69) is 10.3 Å². The van der Waals surface area contributed by atoms with Crippen LogP contribution in [0.25, 0.3) is 11.3 Å². The van der Waals surface area contributed by atoms with Crippen molar-refractivity contribution in [3.05, 3.63) is 64.5 Å². The van der Waals surface area contributed by atoms with Crippen LogP contribution in [0.1, 0.15) is 48.2 Å². The van der Waals surface area contributed by atoms with Crippen molar-refractivity contribution in [2.75, 3.05) is 17.3 Å². The normalized spacial score (nSPS) is 14.4. The fraction of sp³-hybridized carbons (Fsp3) is 0.280. The molecule has 1 aromatic heterocycles. The summed E-state index contributed by atoms with van der Waals surface area (Å²) in [5.74, 6) is -0.231. The molecule has 0 saturated heterocycles. The molecule has 164 valence electrons. The number of aromatic nitrogens is 1. The van der Waals surface area contributed by atoms with Crippen LogP contribution in [-0.2, 0) is 15.0 Å². The number of hydrogen-bond acceptors (Lipinski definition) is 5. The Hall–Kier alpha value is -3.32. The summed E-state index contributed by atoms with van der Waals surface area (Å²) < 4.78 is 0. The first-order valence-electron chi connectivity index (χ1n) is 10.4. The molecule has 0 atom stereocenters. The van der Waals surface area contributed by atoms with Crippen LogP contribution in [0.3, 0.4) is 0 Å². The lowest BCUT2D eigenvalue weighted by Crippen LogP contribution is -2.33. The average molecular weight is 448 g/mol. The molecule has 1 N–H and O–H groups in total. The molecule has 0 spiro atoms. The average Bonchev–Trinajstić information content (AvgIpc) is 3.30. The first kappa shape index (κ1) is 21.9. The first-order valence-corrected chi connectivity index (χ1v) is 11.3. The summed E-state index contributed by atoms with van der Waals surface area (Å²) in [6, 6.07) is 13.2. The molecule has 0 bridgehead atoms. The Morgan fingerprint density at radius 3 is 2.53 bits per heavy atom. The monoisotopic (exact) mass is 447 g/mol. The van der Waals surface area contributed by atoms with Gasteiger partial charge in [-0.1, -0.05) is 35.9 Å². The maximum absolute atomic E-state index is 12.5. The Kier molecular flexibility index (Phi) is 5.69. The summed E-state index contributed by atoms with van der Waals surface area (Å²) in [7, 11) is 1.79. The van der Waals surface area contributed by atoms with Crippen molar-refractivity contribution in [3.63, 3.8) is 0 Å². The fourth-order valence-electron chi connectivity index (χ4n) is 3.89. The Bertz CT molecular complexity index is 1210. The van der Waals surface area contributed by atoms with Crippen LogP contribution in [-0.4, -0.2) is 29.6 Å². The molecule has 0 unspecified atom stereocenters. The van der Waals surface area contributed by atoms with Gasteiger partial charge in [-0.25, -0.2) is 4.98 Å². The molecule has 32 heavy (non-hydrogen) atoms. The second-order valence-corrected chi connectivity index (χ2v) is 9.45. The van der Waals surface area contributed by atoms with Gasteiger partial charge in [-0.2, -0.15) is 0 Å². The highest BCUT2D eigenvalue weighted by Crippen LogP contribution is 2.42. The number of benzene rings is 2. The predicted molar refractivity (Wildman–Crippen MR) is 127 cm³/mol. The van der Waals surface area contributed by atoms with Crippen LogP contribution >= 0.6 is 11.3 Å². The third kappa shape index (κ3) is 4.08. The molecule has 2 aromatic carbocycles. The smallest absolute Gasteiger partial charge is 0.236 e. The minimum absolute atomic E-state index is 0.0553. The van der Waals surface area contributed by atoms with E-state index in [0.29, 0.717) is 10.7 Å². The van der Waals surface area contributed by atoms with Gasteiger partial charge in [0.1, 0.15) is 0 Å². The SMILES string of the molecule is Cc1ccc(C(=O)CCC(=O)Nc2nc(-c3ccc4c(c3)C(C)(C)C(=O)N4C)cs2)cc1. The van der Waals surface area contributed by atoms with Crippen molar-refractivity contribution in [3.8, 4) is 11.3 Å². The molecule has 1 aliphatic heterocycles. The lowest BCUT2D eigenvalue weighted by Gasteiger charge is -2.16. The predicted octanol–water partition coefficient (Wildman–Crippen LogP) is 4.97. The number of aryl methyl sites for hydroxylation is 1. The summed E-state index contributed by atoms with van der Waals surface area (Å²) in [4.78, 5) is 43.3. The Labute approximate surface area is 191 Å².